The van der Waals surface area contributed by atoms with E-state index in [1.54, 1.807) is 23.4 Å². The van der Waals surface area contributed by atoms with Crippen LogP contribution in [0.15, 0.2) is 82.5 Å². The number of aryl methyl sites for hydroxylation is 1. The second kappa shape index (κ2) is 6.40. The van der Waals surface area contributed by atoms with Gasteiger partial charge < -0.3 is 4.42 Å². The van der Waals surface area contributed by atoms with Crippen LogP contribution >= 0.6 is 0 Å². The van der Waals surface area contributed by atoms with Gasteiger partial charge in [0.2, 0.25) is 0 Å². The van der Waals surface area contributed by atoms with Gasteiger partial charge in [0.25, 0.3) is 5.91 Å². The minimum absolute atomic E-state index is 0.121. The maximum atomic E-state index is 13.0. The fourth-order valence-corrected chi connectivity index (χ4v) is 3.03. The second-order valence-electron chi connectivity index (χ2n) is 6.16. The molecule has 0 radical (unpaired) electrons. The van der Waals surface area contributed by atoms with Gasteiger partial charge in [-0.25, -0.2) is 5.01 Å². The van der Waals surface area contributed by atoms with Gasteiger partial charge in [-0.15, -0.1) is 0 Å². The largest absolute Gasteiger partial charge is 0.467 e. The molecule has 1 aliphatic rings. The Balaban J connectivity index is 1.71. The smallest absolute Gasteiger partial charge is 0.274 e. The topological polar surface area (TPSA) is 45.8 Å². The standard InChI is InChI=1S/C21H18N2O2/c1-15-9-11-16(12-10-15)18-14-19(20-8-5-13-25-20)23(22-18)21(24)17-6-3-2-4-7-17/h2-13,19H,14H2,1H3. The van der Waals surface area contributed by atoms with E-state index in [0.717, 1.165) is 17.0 Å². The molecule has 0 fully saturated rings. The number of rotatable bonds is 3. The zero-order chi connectivity index (χ0) is 17.2. The summed E-state index contributed by atoms with van der Waals surface area (Å²) in [6.45, 7) is 2.05. The number of benzene rings is 2. The molecule has 0 saturated heterocycles. The lowest BCUT2D eigenvalue weighted by Crippen LogP contribution is -2.26. The lowest BCUT2D eigenvalue weighted by molar-refractivity contribution is 0.0693. The van der Waals surface area contributed by atoms with Crippen molar-refractivity contribution in [3.8, 4) is 0 Å². The van der Waals surface area contributed by atoms with Crippen LogP contribution in [-0.4, -0.2) is 16.6 Å². The zero-order valence-electron chi connectivity index (χ0n) is 13.9. The van der Waals surface area contributed by atoms with Gasteiger partial charge in [0.15, 0.2) is 0 Å². The Morgan fingerprint density at radius 2 is 1.80 bits per heavy atom. The summed E-state index contributed by atoms with van der Waals surface area (Å²) in [6.07, 6.45) is 2.26. The highest BCUT2D eigenvalue weighted by Crippen LogP contribution is 2.34. The molecule has 2 heterocycles. The highest BCUT2D eigenvalue weighted by Gasteiger charge is 2.35. The summed E-state index contributed by atoms with van der Waals surface area (Å²) in [5.74, 6) is 0.624. The summed E-state index contributed by atoms with van der Waals surface area (Å²) in [5.41, 5.74) is 3.74. The van der Waals surface area contributed by atoms with Gasteiger partial charge in [-0.1, -0.05) is 48.0 Å². The Morgan fingerprint density at radius 1 is 1.04 bits per heavy atom. The molecule has 25 heavy (non-hydrogen) atoms. The van der Waals surface area contributed by atoms with E-state index in [0.29, 0.717) is 12.0 Å². The molecule has 2 aromatic carbocycles. The number of hydrogen-bond acceptors (Lipinski definition) is 3. The van der Waals surface area contributed by atoms with E-state index in [9.17, 15) is 4.79 Å². The Hall–Kier alpha value is -3.14. The Bertz CT molecular complexity index is 897. The molecule has 124 valence electrons. The molecule has 4 nitrogen and oxygen atoms in total. The van der Waals surface area contributed by atoms with Crippen molar-refractivity contribution >= 4 is 11.6 Å². The Morgan fingerprint density at radius 3 is 2.48 bits per heavy atom. The molecule has 0 aliphatic carbocycles. The summed E-state index contributed by atoms with van der Waals surface area (Å²) in [7, 11) is 0. The first-order valence-corrected chi connectivity index (χ1v) is 8.29. The third kappa shape index (κ3) is 2.98. The first-order chi connectivity index (χ1) is 12.2. The fraction of sp³-hybridized carbons (Fsp3) is 0.143. The number of hydrazone groups is 1. The minimum atomic E-state index is -0.223. The Labute approximate surface area is 146 Å². The van der Waals surface area contributed by atoms with Crippen LogP contribution in [0.1, 0.15) is 39.7 Å². The number of carbonyl (C=O) groups excluding carboxylic acids is 1. The fourth-order valence-electron chi connectivity index (χ4n) is 3.03. The van der Waals surface area contributed by atoms with Crippen LogP contribution in [0.25, 0.3) is 0 Å². The number of hydrogen-bond donors (Lipinski definition) is 0. The van der Waals surface area contributed by atoms with Crippen LogP contribution in [0.2, 0.25) is 0 Å². The van der Waals surface area contributed by atoms with E-state index in [2.05, 4.69) is 24.2 Å². The molecule has 1 aromatic heterocycles. The molecule has 0 spiro atoms. The highest BCUT2D eigenvalue weighted by atomic mass is 16.3. The SMILES string of the molecule is Cc1ccc(C2=NN(C(=O)c3ccccc3)C(c3ccco3)C2)cc1. The van der Waals surface area contributed by atoms with E-state index in [-0.39, 0.29) is 11.9 Å². The van der Waals surface area contributed by atoms with Crippen LogP contribution in [0.3, 0.4) is 0 Å². The lowest BCUT2D eigenvalue weighted by atomic mass is 10.0. The molecule has 0 saturated carbocycles. The molecule has 0 bridgehead atoms. The molecule has 1 aliphatic heterocycles. The van der Waals surface area contributed by atoms with Crippen LogP contribution in [0.5, 0.6) is 0 Å². The first-order valence-electron chi connectivity index (χ1n) is 8.29. The number of amides is 1. The molecular weight excluding hydrogens is 312 g/mol. The molecule has 4 heteroatoms. The average Bonchev–Trinajstić information content (AvgIpc) is 3.32. The first kappa shape index (κ1) is 15.4. The molecule has 3 aromatic rings. The van der Waals surface area contributed by atoms with Gasteiger partial charge in [-0.2, -0.15) is 5.10 Å². The van der Waals surface area contributed by atoms with Crippen LogP contribution in [0.4, 0.5) is 0 Å². The van der Waals surface area contributed by atoms with Crippen molar-refractivity contribution in [2.75, 3.05) is 0 Å². The highest BCUT2D eigenvalue weighted by molar-refractivity contribution is 6.05. The van der Waals surface area contributed by atoms with E-state index in [1.807, 2.05) is 42.5 Å². The third-order valence-electron chi connectivity index (χ3n) is 4.40. The Kier molecular flexibility index (Phi) is 3.94. The lowest BCUT2D eigenvalue weighted by Gasteiger charge is -2.19. The van der Waals surface area contributed by atoms with Crippen molar-refractivity contribution in [1.82, 2.24) is 5.01 Å². The summed E-state index contributed by atoms with van der Waals surface area (Å²) in [6, 6.07) is 20.9. The quantitative estimate of drug-likeness (QED) is 0.705. The maximum absolute atomic E-state index is 13.0. The normalized spacial score (nSPS) is 16.8. The van der Waals surface area contributed by atoms with Crippen molar-refractivity contribution in [2.45, 2.75) is 19.4 Å². The van der Waals surface area contributed by atoms with Gasteiger partial charge in [0.05, 0.1) is 12.0 Å². The van der Waals surface area contributed by atoms with Crippen molar-refractivity contribution in [3.63, 3.8) is 0 Å². The average molecular weight is 330 g/mol. The van der Waals surface area contributed by atoms with E-state index < -0.39 is 0 Å². The second-order valence-corrected chi connectivity index (χ2v) is 6.16. The van der Waals surface area contributed by atoms with E-state index >= 15 is 0 Å². The van der Waals surface area contributed by atoms with Crippen molar-refractivity contribution in [1.29, 1.82) is 0 Å². The van der Waals surface area contributed by atoms with Gasteiger partial charge in [-0.05, 0) is 36.8 Å². The number of carbonyl (C=O) groups is 1. The van der Waals surface area contributed by atoms with Crippen LogP contribution < -0.4 is 0 Å². The molecule has 0 N–H and O–H groups in total. The van der Waals surface area contributed by atoms with Crippen molar-refractivity contribution in [2.24, 2.45) is 5.10 Å². The molecule has 1 amide bonds. The molecule has 1 unspecified atom stereocenters. The van der Waals surface area contributed by atoms with Crippen LogP contribution in [0, 0.1) is 6.92 Å². The van der Waals surface area contributed by atoms with Crippen LogP contribution in [-0.2, 0) is 0 Å². The molecule has 4 rings (SSSR count). The predicted octanol–water partition coefficient (Wildman–Crippen LogP) is 4.58. The van der Waals surface area contributed by atoms with E-state index in [4.69, 9.17) is 4.42 Å². The zero-order valence-corrected chi connectivity index (χ0v) is 13.9. The maximum Gasteiger partial charge on any atom is 0.274 e. The molecule has 1 atom stereocenters. The predicted molar refractivity (Wildman–Crippen MR) is 96.4 cm³/mol. The summed E-state index contributed by atoms with van der Waals surface area (Å²) in [4.78, 5) is 13.0. The number of nitrogens with zero attached hydrogens (tertiary/aromatic N) is 2. The van der Waals surface area contributed by atoms with Gasteiger partial charge in [-0.3, -0.25) is 4.79 Å². The number of furan rings is 1. The van der Waals surface area contributed by atoms with Gasteiger partial charge >= 0.3 is 0 Å². The van der Waals surface area contributed by atoms with E-state index in [1.165, 1.54) is 5.56 Å². The van der Waals surface area contributed by atoms with Gasteiger partial charge in [0, 0.05) is 12.0 Å². The van der Waals surface area contributed by atoms with Crippen molar-refractivity contribution in [3.05, 3.63) is 95.4 Å². The third-order valence-corrected chi connectivity index (χ3v) is 4.40. The molecular formula is C21H18N2O2. The summed E-state index contributed by atoms with van der Waals surface area (Å²) >= 11 is 0. The minimum Gasteiger partial charge on any atom is -0.467 e. The monoisotopic (exact) mass is 330 g/mol. The summed E-state index contributed by atoms with van der Waals surface area (Å²) < 4.78 is 5.57. The van der Waals surface area contributed by atoms with Gasteiger partial charge in [0.1, 0.15) is 11.8 Å². The summed E-state index contributed by atoms with van der Waals surface area (Å²) in [5, 5.41) is 6.19. The van der Waals surface area contributed by atoms with Crippen molar-refractivity contribution < 1.29 is 9.21 Å².